The lowest BCUT2D eigenvalue weighted by atomic mass is 10.1. The van der Waals surface area contributed by atoms with Crippen LogP contribution >= 0.6 is 0 Å². The van der Waals surface area contributed by atoms with E-state index in [-0.39, 0.29) is 5.97 Å². The average molecular weight is 202 g/mol. The molecular weight excluding hydrogens is 184 g/mol. The van der Waals surface area contributed by atoms with Gasteiger partial charge in [0, 0.05) is 25.6 Å². The van der Waals surface area contributed by atoms with E-state index in [1.165, 1.54) is 7.11 Å². The van der Waals surface area contributed by atoms with Crippen molar-refractivity contribution in [2.45, 2.75) is 19.3 Å². The molecule has 1 saturated heterocycles. The molecule has 82 valence electrons. The lowest BCUT2D eigenvalue weighted by Crippen LogP contribution is -2.11. The fraction of sp³-hybridized carbons (Fsp3) is 0.900. The highest BCUT2D eigenvalue weighted by atomic mass is 16.5. The maximum absolute atomic E-state index is 10.7. The second kappa shape index (κ2) is 6.79. The highest BCUT2D eigenvalue weighted by Crippen LogP contribution is 2.12. The minimum atomic E-state index is -0.169. The van der Waals surface area contributed by atoms with Gasteiger partial charge in [-0.3, -0.25) is 4.79 Å². The van der Waals surface area contributed by atoms with E-state index in [0.29, 0.717) is 18.9 Å². The van der Waals surface area contributed by atoms with Crippen LogP contribution in [0.25, 0.3) is 0 Å². The van der Waals surface area contributed by atoms with Crippen LogP contribution in [0.2, 0.25) is 0 Å². The van der Waals surface area contributed by atoms with Crippen LogP contribution in [-0.2, 0) is 19.0 Å². The predicted octanol–water partition coefficient (Wildman–Crippen LogP) is 0.993. The maximum atomic E-state index is 10.7. The summed E-state index contributed by atoms with van der Waals surface area (Å²) in [5, 5.41) is 0. The van der Waals surface area contributed by atoms with Crippen LogP contribution in [0.5, 0.6) is 0 Å². The molecule has 0 aliphatic carbocycles. The molecule has 1 rings (SSSR count). The second-order valence-corrected chi connectivity index (χ2v) is 3.48. The Hall–Kier alpha value is -0.610. The first kappa shape index (κ1) is 11.5. The number of methoxy groups -OCH3 is 1. The van der Waals surface area contributed by atoms with E-state index in [1.54, 1.807) is 0 Å². The predicted molar refractivity (Wildman–Crippen MR) is 51.0 cm³/mol. The normalized spacial score (nSPS) is 21.1. The lowest BCUT2D eigenvalue weighted by molar-refractivity contribution is -0.141. The maximum Gasteiger partial charge on any atom is 0.305 e. The van der Waals surface area contributed by atoms with Crippen molar-refractivity contribution in [2.75, 3.05) is 33.5 Å². The number of carbonyl (C=O) groups excluding carboxylic acids is 1. The van der Waals surface area contributed by atoms with E-state index in [9.17, 15) is 4.79 Å². The van der Waals surface area contributed by atoms with Crippen LogP contribution in [0.1, 0.15) is 19.3 Å². The molecule has 0 aromatic carbocycles. The standard InChI is InChI=1S/C10H18O4/c1-12-10(11)3-2-5-13-7-9-4-6-14-8-9/h9H,2-8H2,1H3. The van der Waals surface area contributed by atoms with Gasteiger partial charge >= 0.3 is 5.97 Å². The Morgan fingerprint density at radius 3 is 3.07 bits per heavy atom. The molecule has 0 bridgehead atoms. The van der Waals surface area contributed by atoms with Crippen LogP contribution in [0, 0.1) is 5.92 Å². The molecule has 4 nitrogen and oxygen atoms in total. The molecule has 0 aromatic heterocycles. The van der Waals surface area contributed by atoms with Gasteiger partial charge in [-0.25, -0.2) is 0 Å². The molecule has 14 heavy (non-hydrogen) atoms. The van der Waals surface area contributed by atoms with Crippen molar-refractivity contribution in [2.24, 2.45) is 5.92 Å². The summed E-state index contributed by atoms with van der Waals surface area (Å²) in [5.74, 6) is 0.380. The van der Waals surface area contributed by atoms with E-state index in [2.05, 4.69) is 4.74 Å². The van der Waals surface area contributed by atoms with Gasteiger partial charge in [0.15, 0.2) is 0 Å². The van der Waals surface area contributed by atoms with Crippen molar-refractivity contribution in [1.29, 1.82) is 0 Å². The van der Waals surface area contributed by atoms with Gasteiger partial charge in [-0.2, -0.15) is 0 Å². The number of ether oxygens (including phenoxy) is 3. The van der Waals surface area contributed by atoms with E-state index < -0.39 is 0 Å². The van der Waals surface area contributed by atoms with Gasteiger partial charge in [-0.15, -0.1) is 0 Å². The van der Waals surface area contributed by atoms with Crippen LogP contribution in [0.3, 0.4) is 0 Å². The summed E-state index contributed by atoms with van der Waals surface area (Å²) in [4.78, 5) is 10.7. The summed E-state index contributed by atoms with van der Waals surface area (Å²) >= 11 is 0. The molecule has 0 spiro atoms. The molecule has 0 saturated carbocycles. The summed E-state index contributed by atoms with van der Waals surface area (Å²) in [7, 11) is 1.40. The molecule has 1 atom stereocenters. The summed E-state index contributed by atoms with van der Waals surface area (Å²) in [6, 6.07) is 0. The Kier molecular flexibility index (Phi) is 5.56. The van der Waals surface area contributed by atoms with Crippen LogP contribution in [0.4, 0.5) is 0 Å². The number of esters is 1. The molecule has 1 aliphatic rings. The first-order valence-electron chi connectivity index (χ1n) is 5.05. The first-order valence-corrected chi connectivity index (χ1v) is 5.05. The Balaban J connectivity index is 1.86. The molecule has 4 heteroatoms. The fourth-order valence-electron chi connectivity index (χ4n) is 1.39. The Morgan fingerprint density at radius 2 is 2.43 bits per heavy atom. The monoisotopic (exact) mass is 202 g/mol. The quantitative estimate of drug-likeness (QED) is 0.476. The van der Waals surface area contributed by atoms with Crippen LogP contribution in [-0.4, -0.2) is 39.5 Å². The fourth-order valence-corrected chi connectivity index (χ4v) is 1.39. The number of hydrogen-bond donors (Lipinski definition) is 0. The van der Waals surface area contributed by atoms with Gasteiger partial charge in [-0.05, 0) is 12.8 Å². The Labute approximate surface area is 84.5 Å². The van der Waals surface area contributed by atoms with Crippen LogP contribution in [0.15, 0.2) is 0 Å². The molecule has 1 fully saturated rings. The Bertz CT molecular complexity index is 164. The number of carbonyl (C=O) groups is 1. The third kappa shape index (κ3) is 4.58. The highest BCUT2D eigenvalue weighted by Gasteiger charge is 2.15. The molecule has 0 N–H and O–H groups in total. The van der Waals surface area contributed by atoms with E-state index in [4.69, 9.17) is 9.47 Å². The third-order valence-corrected chi connectivity index (χ3v) is 2.27. The zero-order chi connectivity index (χ0) is 10.2. The number of hydrogen-bond acceptors (Lipinski definition) is 4. The molecule has 1 unspecified atom stereocenters. The van der Waals surface area contributed by atoms with Crippen molar-refractivity contribution >= 4 is 5.97 Å². The van der Waals surface area contributed by atoms with Gasteiger partial charge in [0.1, 0.15) is 0 Å². The van der Waals surface area contributed by atoms with Crippen molar-refractivity contribution in [1.82, 2.24) is 0 Å². The lowest BCUT2D eigenvalue weighted by Gasteiger charge is -2.07. The molecule has 0 radical (unpaired) electrons. The Morgan fingerprint density at radius 1 is 1.57 bits per heavy atom. The summed E-state index contributed by atoms with van der Waals surface area (Å²) in [6.07, 6.45) is 2.27. The van der Waals surface area contributed by atoms with Gasteiger partial charge in [0.25, 0.3) is 0 Å². The van der Waals surface area contributed by atoms with E-state index in [0.717, 1.165) is 32.7 Å². The van der Waals surface area contributed by atoms with E-state index in [1.807, 2.05) is 0 Å². The summed E-state index contributed by atoms with van der Waals surface area (Å²) in [6.45, 7) is 3.06. The molecular formula is C10H18O4. The van der Waals surface area contributed by atoms with Crippen molar-refractivity contribution in [3.05, 3.63) is 0 Å². The minimum absolute atomic E-state index is 0.169. The van der Waals surface area contributed by atoms with Gasteiger partial charge in [0.2, 0.25) is 0 Å². The largest absolute Gasteiger partial charge is 0.469 e. The third-order valence-electron chi connectivity index (χ3n) is 2.27. The molecule has 1 heterocycles. The topological polar surface area (TPSA) is 44.8 Å². The van der Waals surface area contributed by atoms with E-state index >= 15 is 0 Å². The second-order valence-electron chi connectivity index (χ2n) is 3.48. The van der Waals surface area contributed by atoms with Crippen molar-refractivity contribution in [3.63, 3.8) is 0 Å². The first-order chi connectivity index (χ1) is 6.83. The van der Waals surface area contributed by atoms with Crippen LogP contribution < -0.4 is 0 Å². The highest BCUT2D eigenvalue weighted by molar-refractivity contribution is 5.68. The minimum Gasteiger partial charge on any atom is -0.469 e. The molecule has 0 aromatic rings. The SMILES string of the molecule is COC(=O)CCCOCC1CCOC1. The van der Waals surface area contributed by atoms with Gasteiger partial charge in [0.05, 0.1) is 20.3 Å². The van der Waals surface area contributed by atoms with Gasteiger partial charge < -0.3 is 14.2 Å². The zero-order valence-electron chi connectivity index (χ0n) is 8.66. The summed E-state index contributed by atoms with van der Waals surface area (Å²) < 4.78 is 15.2. The molecule has 1 aliphatic heterocycles. The summed E-state index contributed by atoms with van der Waals surface area (Å²) in [5.41, 5.74) is 0. The van der Waals surface area contributed by atoms with Crippen molar-refractivity contribution < 1.29 is 19.0 Å². The number of rotatable bonds is 6. The molecule has 0 amide bonds. The van der Waals surface area contributed by atoms with Gasteiger partial charge in [-0.1, -0.05) is 0 Å². The smallest absolute Gasteiger partial charge is 0.305 e. The average Bonchev–Trinajstić information content (AvgIpc) is 2.69. The zero-order valence-corrected chi connectivity index (χ0v) is 8.66. The van der Waals surface area contributed by atoms with Crippen molar-refractivity contribution in [3.8, 4) is 0 Å².